The van der Waals surface area contributed by atoms with Gasteiger partial charge in [-0.2, -0.15) is 0 Å². The summed E-state index contributed by atoms with van der Waals surface area (Å²) in [7, 11) is 5.87. The number of hydrogen-bond donors (Lipinski definition) is 3. The van der Waals surface area contributed by atoms with Crippen LogP contribution in [0.1, 0.15) is 25.0 Å². The maximum absolute atomic E-state index is 14.5. The van der Waals surface area contributed by atoms with Gasteiger partial charge in [0.05, 0.1) is 5.41 Å². The molecule has 3 aromatic rings. The molecule has 4 fully saturated rings. The van der Waals surface area contributed by atoms with Crippen molar-refractivity contribution < 1.29 is 14.7 Å². The third-order valence-corrected chi connectivity index (χ3v) is 13.6. The molecule has 180 valence electrons. The number of aromatic amines is 1. The molecule has 5 unspecified atom stereocenters. The van der Waals surface area contributed by atoms with Crippen LogP contribution in [-0.2, 0) is 15.0 Å². The Kier molecular flexibility index (Phi) is 4.35. The van der Waals surface area contributed by atoms with Gasteiger partial charge in [-0.1, -0.05) is 50.2 Å². The molecule has 1 spiro atoms. The fourth-order valence-corrected chi connectivity index (χ4v) is 13.0. The van der Waals surface area contributed by atoms with Crippen molar-refractivity contribution in [1.29, 1.82) is 0 Å². The molecule has 0 aliphatic carbocycles. The molecule has 4 saturated heterocycles. The van der Waals surface area contributed by atoms with Crippen molar-refractivity contribution in [3.8, 4) is 0 Å². The number of aliphatic hydroxyl groups is 1. The van der Waals surface area contributed by atoms with Crippen molar-refractivity contribution >= 4 is 59.8 Å². The van der Waals surface area contributed by atoms with E-state index in [2.05, 4.69) is 10.3 Å². The smallest absolute Gasteiger partial charge is 0.264 e. The van der Waals surface area contributed by atoms with Crippen LogP contribution in [-0.4, -0.2) is 60.8 Å². The van der Waals surface area contributed by atoms with E-state index in [0.29, 0.717) is 0 Å². The van der Waals surface area contributed by atoms with E-state index in [0.717, 1.165) is 27.7 Å². The maximum atomic E-state index is 14.5. The second-order valence-corrected chi connectivity index (χ2v) is 14.3. The number of hydrogen-bond acceptors (Lipinski definition) is 7. The number of fused-ring (bicyclic) bond motifs is 7. The lowest BCUT2D eigenvalue weighted by molar-refractivity contribution is -0.168. The van der Waals surface area contributed by atoms with Crippen molar-refractivity contribution in [3.05, 3.63) is 65.9 Å². The number of aromatic nitrogens is 1. The number of likely N-dealkylation sites (N-methyl/N-ethyl adjacent to an activating group) is 1. The summed E-state index contributed by atoms with van der Waals surface area (Å²) in [6, 6.07) is 15.9. The van der Waals surface area contributed by atoms with Gasteiger partial charge in [0.15, 0.2) is 4.87 Å². The van der Waals surface area contributed by atoms with Crippen LogP contribution in [0.2, 0.25) is 0 Å². The van der Waals surface area contributed by atoms with E-state index in [-0.39, 0.29) is 17.7 Å². The molecule has 8 rings (SSSR count). The fourth-order valence-electron chi connectivity index (χ4n) is 6.69. The number of carbonyl (C=O) groups is 2. The van der Waals surface area contributed by atoms with Crippen LogP contribution in [0.5, 0.6) is 0 Å². The summed E-state index contributed by atoms with van der Waals surface area (Å²) in [5, 5.41) is 17.1. The van der Waals surface area contributed by atoms with Crippen LogP contribution in [0.25, 0.3) is 10.9 Å². The second-order valence-electron chi connectivity index (χ2n) is 9.93. The Bertz CT molecular complexity index is 1430. The number of anilines is 1. The molecule has 5 aliphatic rings. The first-order valence-corrected chi connectivity index (χ1v) is 15.1. The first kappa shape index (κ1) is 22.0. The van der Waals surface area contributed by atoms with E-state index in [1.54, 1.807) is 16.8 Å². The molecule has 3 N–H and O–H groups in total. The van der Waals surface area contributed by atoms with Gasteiger partial charge in [0, 0.05) is 29.8 Å². The van der Waals surface area contributed by atoms with Crippen LogP contribution in [0, 0.1) is 5.92 Å². The Balaban J connectivity index is 1.58. The average Bonchev–Trinajstić information content (AvgIpc) is 3.42. The van der Waals surface area contributed by atoms with E-state index in [4.69, 9.17) is 0 Å². The molecule has 2 bridgehead atoms. The lowest BCUT2D eigenvalue weighted by Crippen LogP contribution is -2.75. The zero-order valence-electron chi connectivity index (χ0n) is 19.3. The number of aliphatic hydroxyl groups excluding tert-OH is 1. The summed E-state index contributed by atoms with van der Waals surface area (Å²) in [5.74, 6) is -0.487. The summed E-state index contributed by atoms with van der Waals surface area (Å²) in [6.07, 6.45) is 0.128. The van der Waals surface area contributed by atoms with Gasteiger partial charge >= 0.3 is 0 Å². The normalized spacial score (nSPS) is 35.3. The molecule has 2 aromatic carbocycles. The molecular formula is C25H24N4O3S3. The largest absolute Gasteiger partial charge is 0.388 e. The van der Waals surface area contributed by atoms with Gasteiger partial charge in [-0.15, -0.1) is 0 Å². The Labute approximate surface area is 214 Å². The standard InChI is InChI=1S/C25H24N4O3S3/c1-13(2)24-22(32)29-20-23(15-9-5-7-11-18(15)27-20,16-12-26-17-10-6-4-8-14(16)17)19(30)25(29,34-35-33-24)21(31)28(24)3/h4-13,19-20,26-27,30H,1-3H3. The molecule has 6 heterocycles. The molecule has 1 aromatic heterocycles. The molecule has 2 amide bonds. The lowest BCUT2D eigenvalue weighted by atomic mass is 9.70. The predicted molar refractivity (Wildman–Crippen MR) is 142 cm³/mol. The average molecular weight is 525 g/mol. The van der Waals surface area contributed by atoms with Gasteiger partial charge in [-0.3, -0.25) is 14.5 Å². The fraction of sp³-hybridized carbons (Fsp3) is 0.360. The minimum atomic E-state index is -1.46. The van der Waals surface area contributed by atoms with Crippen LogP contribution in [0.15, 0.2) is 54.7 Å². The molecule has 35 heavy (non-hydrogen) atoms. The van der Waals surface area contributed by atoms with Gasteiger partial charge in [0.1, 0.15) is 12.3 Å². The van der Waals surface area contributed by atoms with Crippen LogP contribution < -0.4 is 5.32 Å². The highest BCUT2D eigenvalue weighted by Crippen LogP contribution is 2.70. The number of rotatable bonds is 2. The molecule has 0 saturated carbocycles. The number of nitrogens with zero attached hydrogens (tertiary/aromatic N) is 2. The Hall–Kier alpha value is -2.27. The van der Waals surface area contributed by atoms with Crippen LogP contribution in [0.3, 0.4) is 0 Å². The number of nitrogens with one attached hydrogen (secondary N) is 2. The third kappa shape index (κ3) is 2.21. The number of piperazine rings is 1. The first-order valence-electron chi connectivity index (χ1n) is 11.6. The highest BCUT2D eigenvalue weighted by molar-refractivity contribution is 9.10. The summed E-state index contributed by atoms with van der Waals surface area (Å²) in [5.41, 5.74) is 2.56. The van der Waals surface area contributed by atoms with E-state index in [1.807, 2.05) is 68.6 Å². The SMILES string of the molecule is CC(C)C12SSSC3(C(=O)N1C)C(O)C1(c4c[nH]c5ccccc45)c4ccccc4NC1N3C2=O. The quantitative estimate of drug-likeness (QED) is 0.437. The summed E-state index contributed by atoms with van der Waals surface area (Å²) < 4.78 is 0. The summed E-state index contributed by atoms with van der Waals surface area (Å²) in [4.78, 5) is 33.0. The number of carbonyl (C=O) groups excluding carboxylic acids is 2. The van der Waals surface area contributed by atoms with E-state index in [1.165, 1.54) is 31.4 Å². The van der Waals surface area contributed by atoms with Gasteiger partial charge in [-0.05, 0) is 60.6 Å². The maximum Gasteiger partial charge on any atom is 0.264 e. The van der Waals surface area contributed by atoms with Crippen molar-refractivity contribution in [1.82, 2.24) is 14.8 Å². The van der Waals surface area contributed by atoms with Gasteiger partial charge in [0.25, 0.3) is 11.8 Å². The van der Waals surface area contributed by atoms with Crippen molar-refractivity contribution in [2.75, 3.05) is 12.4 Å². The number of amides is 2. The highest BCUT2D eigenvalue weighted by Gasteiger charge is 2.81. The minimum Gasteiger partial charge on any atom is -0.388 e. The third-order valence-electron chi connectivity index (χ3n) is 8.29. The zero-order chi connectivity index (χ0) is 24.3. The molecule has 5 aliphatic heterocycles. The van der Waals surface area contributed by atoms with E-state index < -0.39 is 27.4 Å². The summed E-state index contributed by atoms with van der Waals surface area (Å²) in [6.45, 7) is 3.96. The van der Waals surface area contributed by atoms with Gasteiger partial charge < -0.3 is 20.3 Å². The molecular weight excluding hydrogens is 501 g/mol. The number of para-hydroxylation sites is 2. The van der Waals surface area contributed by atoms with Crippen molar-refractivity contribution in [2.45, 2.75) is 41.3 Å². The lowest BCUT2D eigenvalue weighted by Gasteiger charge is -2.52. The number of H-pyrrole nitrogens is 1. The zero-order valence-corrected chi connectivity index (χ0v) is 21.8. The Morgan fingerprint density at radius 2 is 1.74 bits per heavy atom. The van der Waals surface area contributed by atoms with Crippen LogP contribution in [0.4, 0.5) is 5.69 Å². The second kappa shape index (κ2) is 6.94. The Morgan fingerprint density at radius 1 is 1.00 bits per heavy atom. The van der Waals surface area contributed by atoms with Crippen molar-refractivity contribution in [3.63, 3.8) is 0 Å². The molecule has 5 atom stereocenters. The number of benzene rings is 2. The first-order chi connectivity index (χ1) is 16.8. The topological polar surface area (TPSA) is 88.7 Å². The Morgan fingerprint density at radius 3 is 2.54 bits per heavy atom. The van der Waals surface area contributed by atoms with E-state index >= 15 is 0 Å². The molecule has 0 radical (unpaired) electrons. The van der Waals surface area contributed by atoms with Gasteiger partial charge in [-0.25, -0.2) is 0 Å². The monoisotopic (exact) mass is 524 g/mol. The predicted octanol–water partition coefficient (Wildman–Crippen LogP) is 3.97. The van der Waals surface area contributed by atoms with Crippen molar-refractivity contribution in [2.24, 2.45) is 5.92 Å². The summed E-state index contributed by atoms with van der Waals surface area (Å²) >= 11 is 0. The molecule has 7 nitrogen and oxygen atoms in total. The molecule has 10 heteroatoms. The van der Waals surface area contributed by atoms with Gasteiger partial charge in [0.2, 0.25) is 4.87 Å². The minimum absolute atomic E-state index is 0.123. The van der Waals surface area contributed by atoms with E-state index in [9.17, 15) is 14.7 Å². The van der Waals surface area contributed by atoms with Crippen LogP contribution >= 0.6 is 31.4 Å². The highest BCUT2D eigenvalue weighted by atomic mass is 33.5.